The zero-order valence-corrected chi connectivity index (χ0v) is 15.8. The molecule has 0 radical (unpaired) electrons. The van der Waals surface area contributed by atoms with Gasteiger partial charge in [0.05, 0.1) is 12.5 Å². The Balaban J connectivity index is 1.55. The average molecular weight is 365 g/mol. The van der Waals surface area contributed by atoms with E-state index in [0.717, 1.165) is 25.2 Å². The molecule has 5 nitrogen and oxygen atoms in total. The summed E-state index contributed by atoms with van der Waals surface area (Å²) in [5.74, 6) is 0.716. The lowest BCUT2D eigenvalue weighted by Gasteiger charge is -2.41. The molecule has 0 bridgehead atoms. The van der Waals surface area contributed by atoms with Crippen molar-refractivity contribution in [2.45, 2.75) is 18.6 Å². The van der Waals surface area contributed by atoms with Gasteiger partial charge in [-0.3, -0.25) is 4.90 Å². The van der Waals surface area contributed by atoms with E-state index < -0.39 is 6.10 Å². The minimum Gasteiger partial charge on any atom is -0.491 e. The molecule has 0 saturated carbocycles. The van der Waals surface area contributed by atoms with Gasteiger partial charge in [-0.1, -0.05) is 42.5 Å². The van der Waals surface area contributed by atoms with Gasteiger partial charge < -0.3 is 14.7 Å². The van der Waals surface area contributed by atoms with Crippen molar-refractivity contribution in [2.24, 2.45) is 0 Å². The standard InChI is InChI=1S/C22H27N3O2/c1-24-13-14-25(22(16-24)19-5-3-2-4-6-19)15-20(26)17-27-21-9-7-18(8-10-21)11-12-23/h2-10,20,22,26H,11,13-17H2,1H3/t20-,22-/m0/s1. The summed E-state index contributed by atoms with van der Waals surface area (Å²) < 4.78 is 5.73. The van der Waals surface area contributed by atoms with Crippen molar-refractivity contribution < 1.29 is 9.84 Å². The number of nitriles is 1. The minimum absolute atomic E-state index is 0.255. The van der Waals surface area contributed by atoms with Crippen LogP contribution < -0.4 is 4.74 Å². The van der Waals surface area contributed by atoms with Crippen LogP contribution in [0, 0.1) is 11.3 Å². The van der Waals surface area contributed by atoms with Crippen LogP contribution in [0.25, 0.3) is 0 Å². The van der Waals surface area contributed by atoms with Gasteiger partial charge >= 0.3 is 0 Å². The summed E-state index contributed by atoms with van der Waals surface area (Å²) in [6, 6.07) is 20.4. The zero-order chi connectivity index (χ0) is 19.1. The monoisotopic (exact) mass is 365 g/mol. The summed E-state index contributed by atoms with van der Waals surface area (Å²) in [5, 5.41) is 19.2. The van der Waals surface area contributed by atoms with Crippen LogP contribution in [0.3, 0.4) is 0 Å². The summed E-state index contributed by atoms with van der Waals surface area (Å²) in [5.41, 5.74) is 2.25. The molecular weight excluding hydrogens is 338 g/mol. The fourth-order valence-electron chi connectivity index (χ4n) is 3.48. The van der Waals surface area contributed by atoms with Gasteiger partial charge in [0.25, 0.3) is 0 Å². The highest BCUT2D eigenvalue weighted by Gasteiger charge is 2.28. The van der Waals surface area contributed by atoms with Gasteiger partial charge in [0, 0.05) is 32.2 Å². The van der Waals surface area contributed by atoms with E-state index in [4.69, 9.17) is 10.00 Å². The molecule has 1 aliphatic heterocycles. The molecule has 142 valence electrons. The molecule has 0 amide bonds. The third-order valence-electron chi connectivity index (χ3n) is 4.97. The number of benzene rings is 2. The molecule has 1 fully saturated rings. The maximum absolute atomic E-state index is 10.5. The molecule has 1 heterocycles. The van der Waals surface area contributed by atoms with Crippen molar-refractivity contribution in [3.8, 4) is 11.8 Å². The fourth-order valence-corrected chi connectivity index (χ4v) is 3.48. The van der Waals surface area contributed by atoms with Gasteiger partial charge in [-0.05, 0) is 30.3 Å². The summed E-state index contributed by atoms with van der Waals surface area (Å²) in [6.07, 6.45) is -0.161. The van der Waals surface area contributed by atoms with E-state index in [2.05, 4.69) is 47.2 Å². The summed E-state index contributed by atoms with van der Waals surface area (Å²) >= 11 is 0. The van der Waals surface area contributed by atoms with Gasteiger partial charge in [0.2, 0.25) is 0 Å². The first kappa shape index (κ1) is 19.4. The third kappa shape index (κ3) is 5.54. The molecule has 5 heteroatoms. The Morgan fingerprint density at radius 3 is 2.59 bits per heavy atom. The van der Waals surface area contributed by atoms with Crippen LogP contribution in [0.1, 0.15) is 17.2 Å². The zero-order valence-electron chi connectivity index (χ0n) is 15.8. The van der Waals surface area contributed by atoms with E-state index >= 15 is 0 Å². The first-order valence-corrected chi connectivity index (χ1v) is 9.40. The molecule has 27 heavy (non-hydrogen) atoms. The van der Waals surface area contributed by atoms with Crippen LogP contribution in [0.2, 0.25) is 0 Å². The molecule has 0 aromatic heterocycles. The van der Waals surface area contributed by atoms with Gasteiger partial charge in [-0.25, -0.2) is 0 Å². The first-order chi connectivity index (χ1) is 13.2. The van der Waals surface area contributed by atoms with Crippen LogP contribution in [0.5, 0.6) is 5.75 Å². The van der Waals surface area contributed by atoms with Crippen LogP contribution in [-0.4, -0.2) is 60.8 Å². The summed E-state index contributed by atoms with van der Waals surface area (Å²) in [4.78, 5) is 4.68. The summed E-state index contributed by atoms with van der Waals surface area (Å²) in [6.45, 7) is 3.72. The Labute approximate surface area is 161 Å². The molecule has 2 aromatic rings. The molecule has 0 spiro atoms. The second kappa shape index (κ2) is 9.52. The molecule has 2 atom stereocenters. The lowest BCUT2D eigenvalue weighted by molar-refractivity contribution is 0.0217. The van der Waals surface area contributed by atoms with E-state index in [9.17, 15) is 5.11 Å². The van der Waals surface area contributed by atoms with Crippen LogP contribution >= 0.6 is 0 Å². The Morgan fingerprint density at radius 2 is 1.89 bits per heavy atom. The average Bonchev–Trinajstić information content (AvgIpc) is 2.70. The number of hydrogen-bond donors (Lipinski definition) is 1. The number of ether oxygens (including phenoxy) is 1. The van der Waals surface area contributed by atoms with E-state index in [1.165, 1.54) is 5.56 Å². The first-order valence-electron chi connectivity index (χ1n) is 9.40. The topological polar surface area (TPSA) is 59.7 Å². The third-order valence-corrected chi connectivity index (χ3v) is 4.97. The Hall–Kier alpha value is -2.39. The van der Waals surface area contributed by atoms with Crippen molar-refractivity contribution in [1.82, 2.24) is 9.80 Å². The number of aliphatic hydroxyl groups is 1. The van der Waals surface area contributed by atoms with Crippen LogP contribution in [0.15, 0.2) is 54.6 Å². The molecule has 3 rings (SSSR count). The number of β-amino-alcohol motifs (C(OH)–C–C–N with tert-alkyl or cyclic N) is 1. The lowest BCUT2D eigenvalue weighted by atomic mass is 10.0. The van der Waals surface area contributed by atoms with Crippen molar-refractivity contribution in [1.29, 1.82) is 5.26 Å². The van der Waals surface area contributed by atoms with Gasteiger partial charge in [0.1, 0.15) is 18.5 Å². The Morgan fingerprint density at radius 1 is 1.15 bits per heavy atom. The van der Waals surface area contributed by atoms with Crippen LogP contribution in [0.4, 0.5) is 0 Å². The van der Waals surface area contributed by atoms with E-state index in [0.29, 0.717) is 18.7 Å². The second-order valence-electron chi connectivity index (χ2n) is 7.13. The SMILES string of the molecule is CN1CCN(C[C@H](O)COc2ccc(CC#N)cc2)[C@H](c2ccccc2)C1. The maximum Gasteiger partial charge on any atom is 0.119 e. The second-order valence-corrected chi connectivity index (χ2v) is 7.13. The van der Waals surface area contributed by atoms with Crippen LogP contribution in [-0.2, 0) is 6.42 Å². The van der Waals surface area contributed by atoms with Gasteiger partial charge in [0.15, 0.2) is 0 Å². The molecule has 1 saturated heterocycles. The fraction of sp³-hybridized carbons (Fsp3) is 0.409. The normalized spacial score (nSPS) is 19.4. The van der Waals surface area contributed by atoms with E-state index in [-0.39, 0.29) is 12.6 Å². The highest BCUT2D eigenvalue weighted by Crippen LogP contribution is 2.25. The van der Waals surface area contributed by atoms with Crippen molar-refractivity contribution >= 4 is 0 Å². The van der Waals surface area contributed by atoms with E-state index in [1.807, 2.05) is 30.3 Å². The number of rotatable bonds is 7. The number of likely N-dealkylation sites (N-methyl/N-ethyl adjacent to an activating group) is 1. The molecular formula is C22H27N3O2. The number of aliphatic hydroxyl groups excluding tert-OH is 1. The Kier molecular flexibility index (Phi) is 6.83. The number of nitrogens with zero attached hydrogens (tertiary/aromatic N) is 3. The quantitative estimate of drug-likeness (QED) is 0.817. The lowest BCUT2D eigenvalue weighted by Crippen LogP contribution is -2.49. The molecule has 1 N–H and O–H groups in total. The van der Waals surface area contributed by atoms with E-state index in [1.54, 1.807) is 0 Å². The van der Waals surface area contributed by atoms with Crippen molar-refractivity contribution in [2.75, 3.05) is 39.8 Å². The van der Waals surface area contributed by atoms with Crippen molar-refractivity contribution in [3.63, 3.8) is 0 Å². The molecule has 0 aliphatic carbocycles. The molecule has 0 unspecified atom stereocenters. The molecule has 2 aromatic carbocycles. The van der Waals surface area contributed by atoms with Crippen molar-refractivity contribution in [3.05, 3.63) is 65.7 Å². The number of hydrogen-bond acceptors (Lipinski definition) is 5. The highest BCUT2D eigenvalue weighted by molar-refractivity contribution is 5.28. The highest BCUT2D eigenvalue weighted by atomic mass is 16.5. The summed E-state index contributed by atoms with van der Waals surface area (Å²) in [7, 11) is 2.14. The smallest absolute Gasteiger partial charge is 0.119 e. The molecule has 1 aliphatic rings. The minimum atomic E-state index is -0.557. The predicted molar refractivity (Wildman–Crippen MR) is 106 cm³/mol. The maximum atomic E-state index is 10.5. The largest absolute Gasteiger partial charge is 0.491 e. The van der Waals surface area contributed by atoms with Gasteiger partial charge in [-0.15, -0.1) is 0 Å². The number of piperazine rings is 1. The van der Waals surface area contributed by atoms with Gasteiger partial charge in [-0.2, -0.15) is 5.26 Å². The Bertz CT molecular complexity index is 742. The predicted octanol–water partition coefficient (Wildman–Crippen LogP) is 2.48.